The van der Waals surface area contributed by atoms with E-state index in [4.69, 9.17) is 0 Å². The molecule has 7 nitrogen and oxygen atoms in total. The summed E-state index contributed by atoms with van der Waals surface area (Å²) >= 11 is 0. The van der Waals surface area contributed by atoms with Crippen LogP contribution in [0.1, 0.15) is 31.9 Å². The van der Waals surface area contributed by atoms with Crippen LogP contribution in [0.2, 0.25) is 0 Å². The number of nitrogens with zero attached hydrogens (tertiary/aromatic N) is 3. The Morgan fingerprint density at radius 2 is 2.17 bits per heavy atom. The Balaban J connectivity index is 1.99. The summed E-state index contributed by atoms with van der Waals surface area (Å²) in [6.45, 7) is 4.00. The van der Waals surface area contributed by atoms with E-state index in [9.17, 15) is 13.2 Å². The Labute approximate surface area is 137 Å². The quantitative estimate of drug-likeness (QED) is 0.878. The summed E-state index contributed by atoms with van der Waals surface area (Å²) in [5, 5.41) is 2.63. The standard InChI is InChI=1S/C15H24N4O3S/c1-12-7-6-9-14(16-12)17-15(20)11-18(3)23(21,22)19-10-5-4-8-13(19)2/h6-7,9,13H,4-5,8,10-11H2,1-3H3,(H,16,17,20). The topological polar surface area (TPSA) is 82.6 Å². The van der Waals surface area contributed by atoms with Crippen LogP contribution in [0.25, 0.3) is 0 Å². The molecule has 0 spiro atoms. The number of nitrogens with one attached hydrogen (secondary N) is 1. The van der Waals surface area contributed by atoms with Gasteiger partial charge in [0.2, 0.25) is 5.91 Å². The Hall–Kier alpha value is -1.51. The maximum absolute atomic E-state index is 12.6. The first kappa shape index (κ1) is 17.8. The van der Waals surface area contributed by atoms with Crippen LogP contribution < -0.4 is 5.32 Å². The molecule has 1 N–H and O–H groups in total. The van der Waals surface area contributed by atoms with Gasteiger partial charge in [0.1, 0.15) is 5.82 Å². The number of likely N-dealkylation sites (N-methyl/N-ethyl adjacent to an activating group) is 1. The zero-order chi connectivity index (χ0) is 17.0. The number of carbonyl (C=O) groups is 1. The third-order valence-corrected chi connectivity index (χ3v) is 6.01. The van der Waals surface area contributed by atoms with Crippen molar-refractivity contribution in [2.75, 3.05) is 25.5 Å². The summed E-state index contributed by atoms with van der Waals surface area (Å²) in [5.74, 6) is 0.0194. The molecule has 0 aromatic carbocycles. The van der Waals surface area contributed by atoms with Gasteiger partial charge < -0.3 is 5.32 Å². The van der Waals surface area contributed by atoms with Gasteiger partial charge in [-0.05, 0) is 38.8 Å². The zero-order valence-corrected chi connectivity index (χ0v) is 14.6. The average molecular weight is 340 g/mol. The molecular formula is C15H24N4O3S. The van der Waals surface area contributed by atoms with Crippen molar-refractivity contribution in [2.24, 2.45) is 0 Å². The molecule has 8 heteroatoms. The molecule has 0 aliphatic carbocycles. The first-order valence-corrected chi connectivity index (χ1v) is 9.17. The molecule has 1 aromatic rings. The van der Waals surface area contributed by atoms with E-state index >= 15 is 0 Å². The van der Waals surface area contributed by atoms with Crippen molar-refractivity contribution in [3.8, 4) is 0 Å². The molecule has 1 saturated heterocycles. The molecule has 1 aromatic heterocycles. The van der Waals surface area contributed by atoms with Crippen LogP contribution in [-0.4, -0.2) is 54.1 Å². The van der Waals surface area contributed by atoms with Crippen LogP contribution in [0.5, 0.6) is 0 Å². The molecule has 1 fully saturated rings. The smallest absolute Gasteiger partial charge is 0.282 e. The summed E-state index contributed by atoms with van der Waals surface area (Å²) in [4.78, 5) is 16.2. The van der Waals surface area contributed by atoms with E-state index < -0.39 is 16.1 Å². The molecule has 1 aliphatic heterocycles. The minimum Gasteiger partial charge on any atom is -0.310 e. The SMILES string of the molecule is Cc1cccc(NC(=O)CN(C)S(=O)(=O)N2CCCCC2C)n1. The van der Waals surface area contributed by atoms with E-state index in [2.05, 4.69) is 10.3 Å². The van der Waals surface area contributed by atoms with Crippen LogP contribution >= 0.6 is 0 Å². The second kappa shape index (κ2) is 7.37. The first-order chi connectivity index (χ1) is 10.8. The highest BCUT2D eigenvalue weighted by Gasteiger charge is 2.33. The van der Waals surface area contributed by atoms with Gasteiger partial charge in [-0.2, -0.15) is 17.0 Å². The van der Waals surface area contributed by atoms with Crippen molar-refractivity contribution in [3.05, 3.63) is 23.9 Å². The lowest BCUT2D eigenvalue weighted by molar-refractivity contribution is -0.116. The van der Waals surface area contributed by atoms with E-state index in [1.54, 1.807) is 12.1 Å². The van der Waals surface area contributed by atoms with E-state index in [1.807, 2.05) is 19.9 Å². The van der Waals surface area contributed by atoms with Crippen LogP contribution in [-0.2, 0) is 15.0 Å². The highest BCUT2D eigenvalue weighted by atomic mass is 32.2. The van der Waals surface area contributed by atoms with E-state index in [0.717, 1.165) is 29.3 Å². The van der Waals surface area contributed by atoms with Gasteiger partial charge in [-0.15, -0.1) is 0 Å². The largest absolute Gasteiger partial charge is 0.310 e. The Bertz CT molecular complexity index is 662. The fraction of sp³-hybridized carbons (Fsp3) is 0.600. The van der Waals surface area contributed by atoms with E-state index in [-0.39, 0.29) is 12.6 Å². The Morgan fingerprint density at radius 1 is 1.43 bits per heavy atom. The monoisotopic (exact) mass is 340 g/mol. The summed E-state index contributed by atoms with van der Waals surface area (Å²) in [5.41, 5.74) is 0.783. The van der Waals surface area contributed by atoms with Crippen molar-refractivity contribution in [1.29, 1.82) is 0 Å². The maximum Gasteiger partial charge on any atom is 0.282 e. The number of aromatic nitrogens is 1. The molecule has 2 rings (SSSR count). The molecular weight excluding hydrogens is 316 g/mol. The van der Waals surface area contributed by atoms with Gasteiger partial charge >= 0.3 is 0 Å². The third-order valence-electron chi connectivity index (χ3n) is 3.95. The van der Waals surface area contributed by atoms with Gasteiger partial charge in [0.25, 0.3) is 10.2 Å². The first-order valence-electron chi connectivity index (χ1n) is 7.77. The second-order valence-corrected chi connectivity index (χ2v) is 7.92. The number of anilines is 1. The molecule has 23 heavy (non-hydrogen) atoms. The number of piperidine rings is 1. The molecule has 1 unspecified atom stereocenters. The third kappa shape index (κ3) is 4.49. The summed E-state index contributed by atoms with van der Waals surface area (Å²) in [7, 11) is -2.19. The predicted octanol–water partition coefficient (Wildman–Crippen LogP) is 1.38. The minimum atomic E-state index is -3.62. The summed E-state index contributed by atoms with van der Waals surface area (Å²) in [6.07, 6.45) is 2.75. The number of pyridine rings is 1. The average Bonchev–Trinajstić information content (AvgIpc) is 2.47. The van der Waals surface area contributed by atoms with Crippen LogP contribution in [0, 0.1) is 6.92 Å². The van der Waals surface area contributed by atoms with E-state index in [1.165, 1.54) is 11.4 Å². The molecule has 0 saturated carbocycles. The second-order valence-electron chi connectivity index (χ2n) is 5.93. The van der Waals surface area contributed by atoms with Crippen molar-refractivity contribution in [2.45, 2.75) is 39.2 Å². The lowest BCUT2D eigenvalue weighted by Gasteiger charge is -2.34. The fourth-order valence-electron chi connectivity index (χ4n) is 2.67. The zero-order valence-electron chi connectivity index (χ0n) is 13.8. The fourth-order valence-corrected chi connectivity index (χ4v) is 4.23. The lowest BCUT2D eigenvalue weighted by Crippen LogP contribution is -2.50. The number of aryl methyl sites for hydroxylation is 1. The molecule has 0 radical (unpaired) electrons. The van der Waals surface area contributed by atoms with Crippen molar-refractivity contribution < 1.29 is 13.2 Å². The maximum atomic E-state index is 12.6. The van der Waals surface area contributed by atoms with Gasteiger partial charge in [0, 0.05) is 25.3 Å². The lowest BCUT2D eigenvalue weighted by atomic mass is 10.1. The summed E-state index contributed by atoms with van der Waals surface area (Å²) < 4.78 is 27.8. The van der Waals surface area contributed by atoms with Gasteiger partial charge in [0.15, 0.2) is 0 Å². The Kier molecular flexibility index (Phi) is 5.72. The van der Waals surface area contributed by atoms with Crippen molar-refractivity contribution >= 4 is 21.9 Å². The molecule has 1 aliphatic rings. The van der Waals surface area contributed by atoms with Crippen LogP contribution in [0.4, 0.5) is 5.82 Å². The number of hydrogen-bond donors (Lipinski definition) is 1. The van der Waals surface area contributed by atoms with Crippen molar-refractivity contribution in [1.82, 2.24) is 13.6 Å². The van der Waals surface area contributed by atoms with Gasteiger partial charge in [-0.25, -0.2) is 4.98 Å². The van der Waals surface area contributed by atoms with Gasteiger partial charge in [-0.3, -0.25) is 4.79 Å². The highest BCUT2D eigenvalue weighted by molar-refractivity contribution is 7.86. The number of hydrogen-bond acceptors (Lipinski definition) is 4. The van der Waals surface area contributed by atoms with Gasteiger partial charge in [0.05, 0.1) is 6.54 Å². The van der Waals surface area contributed by atoms with Crippen LogP contribution in [0.3, 0.4) is 0 Å². The number of rotatable bonds is 5. The van der Waals surface area contributed by atoms with E-state index in [0.29, 0.717) is 12.4 Å². The Morgan fingerprint density at radius 3 is 2.83 bits per heavy atom. The molecule has 1 atom stereocenters. The molecule has 128 valence electrons. The molecule has 2 heterocycles. The predicted molar refractivity (Wildman–Crippen MR) is 89.2 cm³/mol. The van der Waals surface area contributed by atoms with Crippen molar-refractivity contribution in [3.63, 3.8) is 0 Å². The normalized spacial score (nSPS) is 19.7. The van der Waals surface area contributed by atoms with Gasteiger partial charge in [-0.1, -0.05) is 12.5 Å². The van der Waals surface area contributed by atoms with Crippen LogP contribution in [0.15, 0.2) is 18.2 Å². The summed E-state index contributed by atoms with van der Waals surface area (Å²) in [6, 6.07) is 5.25. The number of carbonyl (C=O) groups excluding carboxylic acids is 1. The minimum absolute atomic E-state index is 0.0299. The highest BCUT2D eigenvalue weighted by Crippen LogP contribution is 2.21. The molecule has 1 amide bonds. The molecule has 0 bridgehead atoms. The number of amides is 1.